The summed E-state index contributed by atoms with van der Waals surface area (Å²) in [6.45, 7) is 3.28. The van der Waals surface area contributed by atoms with E-state index < -0.39 is 24.5 Å². The first-order valence-electron chi connectivity index (χ1n) is 8.70. The summed E-state index contributed by atoms with van der Waals surface area (Å²) in [5.41, 5.74) is 6.23. The Balaban J connectivity index is 2.07. The van der Waals surface area contributed by atoms with Crippen LogP contribution >= 0.6 is 22.9 Å². The van der Waals surface area contributed by atoms with Crippen LogP contribution in [-0.2, 0) is 20.7 Å². The van der Waals surface area contributed by atoms with Gasteiger partial charge in [0.15, 0.2) is 6.61 Å². The molecule has 10 heteroatoms. The standard InChI is InChI=1S/C19H21ClN2O6S/c1-4-10-6-12(19(25)27-5-2)17(29-10)22-16(23)9-28-18(24)11-7-13(20)14(21)8-15(11)26-3/h6-8H,4-5,9,21H2,1-3H3,(H,22,23). The Hall–Kier alpha value is -2.78. The molecule has 0 spiro atoms. The monoisotopic (exact) mass is 440 g/mol. The number of benzene rings is 1. The Morgan fingerprint density at radius 1 is 1.10 bits per heavy atom. The lowest BCUT2D eigenvalue weighted by Crippen LogP contribution is -2.22. The van der Waals surface area contributed by atoms with Gasteiger partial charge in [0.1, 0.15) is 16.3 Å². The number of methoxy groups -OCH3 is 1. The Kier molecular flexibility index (Phi) is 7.86. The van der Waals surface area contributed by atoms with Crippen molar-refractivity contribution in [2.75, 3.05) is 31.4 Å². The Labute approximate surface area is 176 Å². The molecule has 0 aliphatic heterocycles. The molecule has 0 bridgehead atoms. The number of rotatable bonds is 8. The van der Waals surface area contributed by atoms with E-state index in [1.807, 2.05) is 6.92 Å². The van der Waals surface area contributed by atoms with Crippen molar-refractivity contribution in [3.63, 3.8) is 0 Å². The first-order valence-corrected chi connectivity index (χ1v) is 9.89. The van der Waals surface area contributed by atoms with E-state index in [-0.39, 0.29) is 34.2 Å². The first kappa shape index (κ1) is 22.5. The number of nitrogen functional groups attached to an aromatic ring is 1. The third kappa shape index (κ3) is 5.61. The zero-order valence-electron chi connectivity index (χ0n) is 16.2. The number of hydrogen-bond acceptors (Lipinski definition) is 8. The maximum atomic E-state index is 12.3. The second-order valence-electron chi connectivity index (χ2n) is 5.73. The lowest BCUT2D eigenvalue weighted by Gasteiger charge is -2.11. The number of aryl methyl sites for hydroxylation is 1. The molecular formula is C19H21ClN2O6S. The van der Waals surface area contributed by atoms with Crippen molar-refractivity contribution in [2.45, 2.75) is 20.3 Å². The molecule has 156 valence electrons. The van der Waals surface area contributed by atoms with Crippen molar-refractivity contribution in [3.8, 4) is 5.75 Å². The van der Waals surface area contributed by atoms with Crippen molar-refractivity contribution in [1.29, 1.82) is 0 Å². The topological polar surface area (TPSA) is 117 Å². The van der Waals surface area contributed by atoms with Crippen LogP contribution in [0.15, 0.2) is 18.2 Å². The highest BCUT2D eigenvalue weighted by Gasteiger charge is 2.21. The summed E-state index contributed by atoms with van der Waals surface area (Å²) in [7, 11) is 1.37. The third-order valence-corrected chi connectivity index (χ3v) is 5.28. The van der Waals surface area contributed by atoms with Gasteiger partial charge in [-0.15, -0.1) is 11.3 Å². The van der Waals surface area contributed by atoms with Gasteiger partial charge in [-0.2, -0.15) is 0 Å². The van der Waals surface area contributed by atoms with Gasteiger partial charge in [-0.05, 0) is 25.5 Å². The maximum Gasteiger partial charge on any atom is 0.342 e. The second-order valence-corrected chi connectivity index (χ2v) is 7.27. The van der Waals surface area contributed by atoms with Gasteiger partial charge in [0.25, 0.3) is 5.91 Å². The van der Waals surface area contributed by atoms with Gasteiger partial charge in [-0.3, -0.25) is 4.79 Å². The van der Waals surface area contributed by atoms with Crippen LogP contribution in [0.4, 0.5) is 10.7 Å². The number of anilines is 2. The van der Waals surface area contributed by atoms with Gasteiger partial charge < -0.3 is 25.3 Å². The number of carbonyl (C=O) groups excluding carboxylic acids is 3. The average Bonchev–Trinajstić information content (AvgIpc) is 3.11. The summed E-state index contributed by atoms with van der Waals surface area (Å²) in [6.07, 6.45) is 0.694. The number of hydrogen-bond donors (Lipinski definition) is 2. The van der Waals surface area contributed by atoms with Crippen molar-refractivity contribution in [3.05, 3.63) is 39.2 Å². The minimum Gasteiger partial charge on any atom is -0.496 e. The molecule has 1 aromatic carbocycles. The van der Waals surface area contributed by atoms with E-state index in [1.54, 1.807) is 13.0 Å². The molecule has 0 fully saturated rings. The van der Waals surface area contributed by atoms with E-state index in [4.69, 9.17) is 31.5 Å². The summed E-state index contributed by atoms with van der Waals surface area (Å²) < 4.78 is 15.1. The highest BCUT2D eigenvalue weighted by atomic mass is 35.5. The van der Waals surface area contributed by atoms with Gasteiger partial charge in [0.2, 0.25) is 0 Å². The maximum absolute atomic E-state index is 12.3. The predicted molar refractivity (Wildman–Crippen MR) is 111 cm³/mol. The van der Waals surface area contributed by atoms with Gasteiger partial charge in [0.05, 0.1) is 30.0 Å². The highest BCUT2D eigenvalue weighted by Crippen LogP contribution is 2.30. The summed E-state index contributed by atoms with van der Waals surface area (Å²) in [5.74, 6) is -1.76. The molecule has 0 unspecified atom stereocenters. The van der Waals surface area contributed by atoms with Gasteiger partial charge in [-0.1, -0.05) is 18.5 Å². The molecule has 29 heavy (non-hydrogen) atoms. The lowest BCUT2D eigenvalue weighted by molar-refractivity contribution is -0.119. The quantitative estimate of drug-likeness (QED) is 0.476. The number of nitrogens with two attached hydrogens (primary N) is 1. The SMILES string of the molecule is CCOC(=O)c1cc(CC)sc1NC(=O)COC(=O)c1cc(Cl)c(N)cc1OC. The normalized spacial score (nSPS) is 10.3. The zero-order valence-corrected chi connectivity index (χ0v) is 17.7. The van der Waals surface area contributed by atoms with E-state index in [1.165, 1.54) is 30.6 Å². The van der Waals surface area contributed by atoms with Crippen LogP contribution in [0.25, 0.3) is 0 Å². The number of esters is 2. The smallest absolute Gasteiger partial charge is 0.342 e. The van der Waals surface area contributed by atoms with Crippen molar-refractivity contribution in [2.24, 2.45) is 0 Å². The number of thiophene rings is 1. The number of halogens is 1. The lowest BCUT2D eigenvalue weighted by atomic mass is 10.2. The van der Waals surface area contributed by atoms with Crippen molar-refractivity contribution >= 4 is 51.5 Å². The van der Waals surface area contributed by atoms with E-state index in [0.717, 1.165) is 4.88 Å². The number of amides is 1. The number of ether oxygens (including phenoxy) is 3. The summed E-state index contributed by atoms with van der Waals surface area (Å²) in [4.78, 5) is 37.5. The van der Waals surface area contributed by atoms with E-state index in [2.05, 4.69) is 5.32 Å². The minimum absolute atomic E-state index is 0.0381. The zero-order chi connectivity index (χ0) is 21.6. The highest BCUT2D eigenvalue weighted by molar-refractivity contribution is 7.16. The van der Waals surface area contributed by atoms with E-state index >= 15 is 0 Å². The second kappa shape index (κ2) is 10.1. The molecule has 0 aliphatic rings. The predicted octanol–water partition coefficient (Wildman–Crippen LogP) is 3.53. The van der Waals surface area contributed by atoms with Crippen LogP contribution in [0.3, 0.4) is 0 Å². The first-order chi connectivity index (χ1) is 13.8. The molecule has 0 radical (unpaired) electrons. The molecule has 0 saturated heterocycles. The largest absolute Gasteiger partial charge is 0.496 e. The molecule has 2 rings (SSSR count). The van der Waals surface area contributed by atoms with E-state index in [9.17, 15) is 14.4 Å². The minimum atomic E-state index is -0.801. The van der Waals surface area contributed by atoms with Crippen LogP contribution in [0, 0.1) is 0 Å². The molecule has 1 aromatic heterocycles. The van der Waals surface area contributed by atoms with Crippen LogP contribution in [0.1, 0.15) is 39.4 Å². The number of nitrogens with one attached hydrogen (secondary N) is 1. The summed E-state index contributed by atoms with van der Waals surface area (Å²) in [5, 5.41) is 3.09. The fraction of sp³-hybridized carbons (Fsp3) is 0.316. The van der Waals surface area contributed by atoms with Crippen LogP contribution in [-0.4, -0.2) is 38.2 Å². The molecular weight excluding hydrogens is 420 g/mol. The van der Waals surface area contributed by atoms with Gasteiger partial charge >= 0.3 is 11.9 Å². The summed E-state index contributed by atoms with van der Waals surface area (Å²) >= 11 is 7.19. The van der Waals surface area contributed by atoms with Crippen LogP contribution < -0.4 is 15.8 Å². The fourth-order valence-corrected chi connectivity index (χ4v) is 3.50. The molecule has 3 N–H and O–H groups in total. The Bertz CT molecular complexity index is 928. The van der Waals surface area contributed by atoms with Crippen molar-refractivity contribution < 1.29 is 28.6 Å². The molecule has 8 nitrogen and oxygen atoms in total. The van der Waals surface area contributed by atoms with Crippen molar-refractivity contribution in [1.82, 2.24) is 0 Å². The fourth-order valence-electron chi connectivity index (χ4n) is 2.34. The van der Waals surface area contributed by atoms with Gasteiger partial charge in [-0.25, -0.2) is 9.59 Å². The van der Waals surface area contributed by atoms with E-state index in [0.29, 0.717) is 11.4 Å². The van der Waals surface area contributed by atoms with Crippen LogP contribution in [0.2, 0.25) is 5.02 Å². The van der Waals surface area contributed by atoms with Crippen LogP contribution in [0.5, 0.6) is 5.75 Å². The third-order valence-electron chi connectivity index (χ3n) is 3.75. The molecule has 1 heterocycles. The molecule has 2 aromatic rings. The average molecular weight is 441 g/mol. The molecule has 0 aliphatic carbocycles. The Morgan fingerprint density at radius 2 is 1.79 bits per heavy atom. The Morgan fingerprint density at radius 3 is 2.41 bits per heavy atom. The molecule has 0 saturated carbocycles. The molecule has 1 amide bonds. The number of carbonyl (C=O) groups is 3. The van der Waals surface area contributed by atoms with Gasteiger partial charge in [0, 0.05) is 10.9 Å². The molecule has 0 atom stereocenters. The summed E-state index contributed by atoms with van der Waals surface area (Å²) in [6, 6.07) is 4.37.